The van der Waals surface area contributed by atoms with Crippen LogP contribution in [0.5, 0.6) is 0 Å². The minimum atomic E-state index is -0.616. The lowest BCUT2D eigenvalue weighted by Crippen LogP contribution is -2.12. The Labute approximate surface area is 130 Å². The zero-order chi connectivity index (χ0) is 16.2. The summed E-state index contributed by atoms with van der Waals surface area (Å²) in [6.45, 7) is 0. The van der Waals surface area contributed by atoms with E-state index in [1.165, 1.54) is 24.3 Å². The number of rotatable bonds is 3. The summed E-state index contributed by atoms with van der Waals surface area (Å²) in [4.78, 5) is 12.1. The first-order valence-corrected chi connectivity index (χ1v) is 6.56. The van der Waals surface area contributed by atoms with Gasteiger partial charge in [0.2, 0.25) is 5.89 Å². The fourth-order valence-corrected chi connectivity index (χ4v) is 1.90. The molecule has 1 heterocycles. The molecule has 0 fully saturated rings. The molecule has 112 valence electrons. The van der Waals surface area contributed by atoms with Gasteiger partial charge in [0.15, 0.2) is 0 Å². The van der Waals surface area contributed by atoms with Crippen LogP contribution in [-0.4, -0.2) is 16.1 Å². The van der Waals surface area contributed by atoms with Crippen molar-refractivity contribution in [1.29, 1.82) is 5.26 Å². The van der Waals surface area contributed by atoms with Crippen molar-refractivity contribution < 1.29 is 13.6 Å². The lowest BCUT2D eigenvalue weighted by Gasteiger charge is -2.01. The van der Waals surface area contributed by atoms with Gasteiger partial charge in [-0.05, 0) is 36.4 Å². The number of amides is 1. The lowest BCUT2D eigenvalue weighted by molar-refractivity contribution is 0.0991. The van der Waals surface area contributed by atoms with Crippen molar-refractivity contribution in [3.05, 3.63) is 65.8 Å². The Morgan fingerprint density at radius 1 is 1.17 bits per heavy atom. The van der Waals surface area contributed by atoms with Gasteiger partial charge in [0.25, 0.3) is 0 Å². The number of nitriles is 1. The highest BCUT2D eigenvalue weighted by Gasteiger charge is 2.16. The molecule has 0 atom stereocenters. The number of hydrogen-bond donors (Lipinski definition) is 1. The SMILES string of the molecule is N#Cc1cccc(NC(=O)c2nnc(-c3cccc(F)c3)o2)c1. The second kappa shape index (κ2) is 6.07. The first-order chi connectivity index (χ1) is 11.2. The molecular weight excluding hydrogens is 299 g/mol. The van der Waals surface area contributed by atoms with Crippen molar-refractivity contribution >= 4 is 11.6 Å². The van der Waals surface area contributed by atoms with Crippen LogP contribution in [-0.2, 0) is 0 Å². The van der Waals surface area contributed by atoms with Gasteiger partial charge in [-0.2, -0.15) is 5.26 Å². The predicted octanol–water partition coefficient (Wildman–Crippen LogP) is 3.00. The first kappa shape index (κ1) is 14.4. The summed E-state index contributed by atoms with van der Waals surface area (Å²) in [6, 6.07) is 14.0. The van der Waals surface area contributed by atoms with E-state index >= 15 is 0 Å². The number of carbonyl (C=O) groups excluding carboxylic acids is 1. The van der Waals surface area contributed by atoms with Crippen molar-refractivity contribution in [2.45, 2.75) is 0 Å². The van der Waals surface area contributed by atoms with E-state index in [0.29, 0.717) is 16.8 Å². The molecule has 0 radical (unpaired) electrons. The molecule has 0 aliphatic rings. The normalized spacial score (nSPS) is 10.1. The second-order valence-electron chi connectivity index (χ2n) is 4.57. The molecular formula is C16H9FN4O2. The fraction of sp³-hybridized carbons (Fsp3) is 0. The van der Waals surface area contributed by atoms with Gasteiger partial charge in [-0.1, -0.05) is 12.1 Å². The van der Waals surface area contributed by atoms with Gasteiger partial charge in [-0.15, -0.1) is 10.2 Å². The van der Waals surface area contributed by atoms with Crippen LogP contribution in [0, 0.1) is 17.1 Å². The molecule has 1 N–H and O–H groups in total. The molecule has 0 aliphatic heterocycles. The highest BCUT2D eigenvalue weighted by atomic mass is 19.1. The molecule has 0 saturated heterocycles. The summed E-state index contributed by atoms with van der Waals surface area (Å²) < 4.78 is 18.4. The third kappa shape index (κ3) is 3.22. The zero-order valence-electron chi connectivity index (χ0n) is 11.7. The molecule has 0 bridgehead atoms. The molecule has 6 nitrogen and oxygen atoms in total. The van der Waals surface area contributed by atoms with Crippen molar-refractivity contribution in [3.63, 3.8) is 0 Å². The van der Waals surface area contributed by atoms with E-state index in [4.69, 9.17) is 9.68 Å². The molecule has 0 aliphatic carbocycles. The quantitative estimate of drug-likeness (QED) is 0.803. The van der Waals surface area contributed by atoms with E-state index in [2.05, 4.69) is 15.5 Å². The molecule has 3 rings (SSSR count). The van der Waals surface area contributed by atoms with Gasteiger partial charge in [0.1, 0.15) is 5.82 Å². The smallest absolute Gasteiger partial charge is 0.313 e. The van der Waals surface area contributed by atoms with Gasteiger partial charge < -0.3 is 9.73 Å². The second-order valence-corrected chi connectivity index (χ2v) is 4.57. The van der Waals surface area contributed by atoms with E-state index in [1.807, 2.05) is 6.07 Å². The highest BCUT2D eigenvalue weighted by Crippen LogP contribution is 2.19. The Morgan fingerprint density at radius 3 is 2.78 bits per heavy atom. The molecule has 7 heteroatoms. The van der Waals surface area contributed by atoms with E-state index in [0.717, 1.165) is 0 Å². The van der Waals surface area contributed by atoms with Crippen molar-refractivity contribution in [3.8, 4) is 17.5 Å². The van der Waals surface area contributed by atoms with Crippen molar-refractivity contribution in [2.24, 2.45) is 0 Å². The van der Waals surface area contributed by atoms with Crippen LogP contribution < -0.4 is 5.32 Å². The minimum absolute atomic E-state index is 0.0421. The fourth-order valence-electron chi connectivity index (χ4n) is 1.90. The molecule has 0 unspecified atom stereocenters. The third-order valence-electron chi connectivity index (χ3n) is 2.94. The topological polar surface area (TPSA) is 91.8 Å². The average Bonchev–Trinajstić information content (AvgIpc) is 3.05. The van der Waals surface area contributed by atoms with Gasteiger partial charge in [0, 0.05) is 11.3 Å². The molecule has 23 heavy (non-hydrogen) atoms. The number of nitrogens with one attached hydrogen (secondary N) is 1. The third-order valence-corrected chi connectivity index (χ3v) is 2.94. The zero-order valence-corrected chi connectivity index (χ0v) is 11.7. The molecule has 0 spiro atoms. The maximum absolute atomic E-state index is 13.2. The number of halogens is 1. The monoisotopic (exact) mass is 308 g/mol. The average molecular weight is 308 g/mol. The summed E-state index contributed by atoms with van der Waals surface area (Å²) in [5.41, 5.74) is 1.22. The number of nitrogens with zero attached hydrogens (tertiary/aromatic N) is 3. The number of aromatic nitrogens is 2. The standard InChI is InChI=1S/C16H9FN4O2/c17-12-5-2-4-11(8-12)15-20-21-16(23-15)14(22)19-13-6-1-3-10(7-13)9-18/h1-8H,(H,19,22). The first-order valence-electron chi connectivity index (χ1n) is 6.56. The van der Waals surface area contributed by atoms with Gasteiger partial charge in [-0.25, -0.2) is 4.39 Å². The number of carbonyl (C=O) groups is 1. The van der Waals surface area contributed by atoms with E-state index in [9.17, 15) is 9.18 Å². The van der Waals surface area contributed by atoms with Crippen LogP contribution in [0.2, 0.25) is 0 Å². The van der Waals surface area contributed by atoms with Crippen molar-refractivity contribution in [2.75, 3.05) is 5.32 Å². The van der Waals surface area contributed by atoms with Crippen molar-refractivity contribution in [1.82, 2.24) is 10.2 Å². The molecule has 0 saturated carbocycles. The minimum Gasteiger partial charge on any atom is -0.412 e. The Kier molecular flexibility index (Phi) is 3.80. The summed E-state index contributed by atoms with van der Waals surface area (Å²) in [6.07, 6.45) is 0. The molecule has 3 aromatic rings. The number of anilines is 1. The van der Waals surface area contributed by atoms with Crippen LogP contribution in [0.1, 0.15) is 16.2 Å². The van der Waals surface area contributed by atoms with Crippen LogP contribution in [0.3, 0.4) is 0 Å². The Hall–Kier alpha value is -3.53. The summed E-state index contributed by atoms with van der Waals surface area (Å²) >= 11 is 0. The maximum Gasteiger partial charge on any atom is 0.313 e. The van der Waals surface area contributed by atoms with Gasteiger partial charge in [0.05, 0.1) is 11.6 Å². The van der Waals surface area contributed by atoms with Crippen LogP contribution >= 0.6 is 0 Å². The van der Waals surface area contributed by atoms with E-state index in [1.54, 1.807) is 24.3 Å². The molecule has 2 aromatic carbocycles. The van der Waals surface area contributed by atoms with E-state index in [-0.39, 0.29) is 11.8 Å². The highest BCUT2D eigenvalue weighted by molar-refractivity contribution is 6.01. The number of benzene rings is 2. The van der Waals surface area contributed by atoms with Crippen LogP contribution in [0.4, 0.5) is 10.1 Å². The Balaban J connectivity index is 1.80. The van der Waals surface area contributed by atoms with Gasteiger partial charge >= 0.3 is 11.8 Å². The van der Waals surface area contributed by atoms with Crippen LogP contribution in [0.15, 0.2) is 52.9 Å². The summed E-state index contributed by atoms with van der Waals surface area (Å²) in [5, 5.41) is 18.8. The summed E-state index contributed by atoms with van der Waals surface area (Å²) in [5.74, 6) is -1.28. The lowest BCUT2D eigenvalue weighted by atomic mass is 10.2. The number of hydrogen-bond acceptors (Lipinski definition) is 5. The molecule has 1 aromatic heterocycles. The van der Waals surface area contributed by atoms with Gasteiger partial charge in [-0.3, -0.25) is 4.79 Å². The Bertz CT molecular complexity index is 914. The molecule has 1 amide bonds. The largest absolute Gasteiger partial charge is 0.412 e. The predicted molar refractivity (Wildman–Crippen MR) is 78.8 cm³/mol. The van der Waals surface area contributed by atoms with E-state index < -0.39 is 11.7 Å². The van der Waals surface area contributed by atoms with Crippen LogP contribution in [0.25, 0.3) is 11.5 Å². The summed E-state index contributed by atoms with van der Waals surface area (Å²) in [7, 11) is 0. The maximum atomic E-state index is 13.2. The Morgan fingerprint density at radius 2 is 2.00 bits per heavy atom.